The summed E-state index contributed by atoms with van der Waals surface area (Å²) in [7, 11) is 0. The SMILES string of the molecule is CC(C)NCCc1ccc2[nH]c(=O)[nH]c2c1. The van der Waals surface area contributed by atoms with Gasteiger partial charge in [0.25, 0.3) is 0 Å². The maximum absolute atomic E-state index is 11.1. The van der Waals surface area contributed by atoms with Gasteiger partial charge in [-0.1, -0.05) is 19.9 Å². The van der Waals surface area contributed by atoms with Crippen molar-refractivity contribution in [1.29, 1.82) is 0 Å². The summed E-state index contributed by atoms with van der Waals surface area (Å²) in [5.41, 5.74) is 2.83. The molecule has 1 aromatic carbocycles. The molecule has 3 N–H and O–H groups in total. The Hall–Kier alpha value is -1.55. The fourth-order valence-corrected chi connectivity index (χ4v) is 1.74. The topological polar surface area (TPSA) is 60.7 Å². The number of hydrogen-bond donors (Lipinski definition) is 3. The van der Waals surface area contributed by atoms with Crippen LogP contribution in [0, 0.1) is 0 Å². The first-order valence-corrected chi connectivity index (χ1v) is 5.59. The van der Waals surface area contributed by atoms with Crippen LogP contribution in [-0.2, 0) is 6.42 Å². The first kappa shape index (κ1) is 11.0. The number of aromatic amines is 2. The average Bonchev–Trinajstić information content (AvgIpc) is 2.56. The van der Waals surface area contributed by atoms with Gasteiger partial charge in [0.05, 0.1) is 11.0 Å². The van der Waals surface area contributed by atoms with Gasteiger partial charge < -0.3 is 15.3 Å². The van der Waals surface area contributed by atoms with Crippen LogP contribution < -0.4 is 11.0 Å². The molecule has 0 saturated carbocycles. The van der Waals surface area contributed by atoms with E-state index in [0.717, 1.165) is 24.0 Å². The highest BCUT2D eigenvalue weighted by molar-refractivity contribution is 5.74. The first-order chi connectivity index (χ1) is 7.65. The first-order valence-electron chi connectivity index (χ1n) is 5.59. The van der Waals surface area contributed by atoms with Gasteiger partial charge in [-0.2, -0.15) is 0 Å². The highest BCUT2D eigenvalue weighted by atomic mass is 16.1. The number of nitrogens with one attached hydrogen (secondary N) is 3. The molecule has 0 radical (unpaired) electrons. The van der Waals surface area contributed by atoms with Crippen LogP contribution in [0.25, 0.3) is 11.0 Å². The van der Waals surface area contributed by atoms with Crippen molar-refractivity contribution in [2.45, 2.75) is 26.3 Å². The molecule has 0 saturated heterocycles. The lowest BCUT2D eigenvalue weighted by Crippen LogP contribution is -2.24. The van der Waals surface area contributed by atoms with Crippen LogP contribution in [0.5, 0.6) is 0 Å². The summed E-state index contributed by atoms with van der Waals surface area (Å²) in [5, 5.41) is 3.37. The summed E-state index contributed by atoms with van der Waals surface area (Å²) in [6.07, 6.45) is 0.974. The van der Waals surface area contributed by atoms with Gasteiger partial charge in [-0.05, 0) is 30.7 Å². The van der Waals surface area contributed by atoms with Crippen LogP contribution in [0.15, 0.2) is 23.0 Å². The Kier molecular flexibility index (Phi) is 3.10. The van der Waals surface area contributed by atoms with E-state index in [9.17, 15) is 4.79 Å². The highest BCUT2D eigenvalue weighted by Crippen LogP contribution is 2.10. The van der Waals surface area contributed by atoms with Gasteiger partial charge in [0, 0.05) is 6.04 Å². The van der Waals surface area contributed by atoms with Crippen molar-refractivity contribution in [3.05, 3.63) is 34.2 Å². The Bertz CT molecular complexity index is 524. The second-order valence-electron chi connectivity index (χ2n) is 4.32. The van der Waals surface area contributed by atoms with E-state index in [1.165, 1.54) is 5.56 Å². The van der Waals surface area contributed by atoms with Crippen LogP contribution in [0.2, 0.25) is 0 Å². The second kappa shape index (κ2) is 4.53. The molecule has 0 fully saturated rings. The molecular weight excluding hydrogens is 202 g/mol. The Labute approximate surface area is 94.1 Å². The summed E-state index contributed by atoms with van der Waals surface area (Å²) in [6.45, 7) is 5.22. The maximum atomic E-state index is 11.1. The van der Waals surface area contributed by atoms with E-state index in [1.807, 2.05) is 18.2 Å². The van der Waals surface area contributed by atoms with E-state index in [0.29, 0.717) is 6.04 Å². The highest BCUT2D eigenvalue weighted by Gasteiger charge is 2.00. The number of rotatable bonds is 4. The van der Waals surface area contributed by atoms with Crippen LogP contribution in [-0.4, -0.2) is 22.6 Å². The molecule has 0 spiro atoms. The molecule has 2 rings (SSSR count). The van der Waals surface area contributed by atoms with Crippen LogP contribution in [0.1, 0.15) is 19.4 Å². The van der Waals surface area contributed by atoms with E-state index in [-0.39, 0.29) is 5.69 Å². The van der Waals surface area contributed by atoms with Gasteiger partial charge in [0.15, 0.2) is 0 Å². The van der Waals surface area contributed by atoms with Gasteiger partial charge in [0.1, 0.15) is 0 Å². The Balaban J connectivity index is 2.10. The number of imidazole rings is 1. The quantitative estimate of drug-likeness (QED) is 0.728. The lowest BCUT2D eigenvalue weighted by Gasteiger charge is -2.07. The van der Waals surface area contributed by atoms with Crippen molar-refractivity contribution in [3.63, 3.8) is 0 Å². The number of H-pyrrole nitrogens is 2. The van der Waals surface area contributed by atoms with Gasteiger partial charge in [-0.15, -0.1) is 0 Å². The van der Waals surface area contributed by atoms with E-state index in [2.05, 4.69) is 29.1 Å². The van der Waals surface area contributed by atoms with E-state index in [4.69, 9.17) is 0 Å². The molecule has 2 aromatic rings. The summed E-state index contributed by atoms with van der Waals surface area (Å²) < 4.78 is 0. The van der Waals surface area contributed by atoms with E-state index >= 15 is 0 Å². The third-order valence-electron chi connectivity index (χ3n) is 2.55. The molecule has 0 amide bonds. The molecule has 0 aliphatic rings. The van der Waals surface area contributed by atoms with Gasteiger partial charge in [-0.3, -0.25) is 0 Å². The summed E-state index contributed by atoms with van der Waals surface area (Å²) in [6, 6.07) is 6.53. The predicted octanol–water partition coefficient (Wildman–Crippen LogP) is 1.40. The van der Waals surface area contributed by atoms with Crippen molar-refractivity contribution >= 4 is 11.0 Å². The minimum absolute atomic E-state index is 0.146. The minimum atomic E-state index is -0.146. The van der Waals surface area contributed by atoms with Crippen molar-refractivity contribution in [2.75, 3.05) is 6.54 Å². The molecule has 4 nitrogen and oxygen atoms in total. The zero-order valence-electron chi connectivity index (χ0n) is 9.63. The average molecular weight is 219 g/mol. The molecular formula is C12H17N3O. The van der Waals surface area contributed by atoms with E-state index < -0.39 is 0 Å². The Morgan fingerprint density at radius 3 is 2.75 bits per heavy atom. The lowest BCUT2D eigenvalue weighted by molar-refractivity contribution is 0.590. The molecule has 0 aliphatic heterocycles. The molecule has 0 atom stereocenters. The summed E-state index contributed by atoms with van der Waals surface area (Å²) in [4.78, 5) is 16.6. The van der Waals surface area contributed by atoms with Gasteiger partial charge in [0.2, 0.25) is 0 Å². The third-order valence-corrected chi connectivity index (χ3v) is 2.55. The molecule has 1 aromatic heterocycles. The Morgan fingerprint density at radius 2 is 2.00 bits per heavy atom. The third kappa shape index (κ3) is 2.52. The molecule has 0 unspecified atom stereocenters. The van der Waals surface area contributed by atoms with Crippen LogP contribution >= 0.6 is 0 Å². The lowest BCUT2D eigenvalue weighted by atomic mass is 10.1. The Morgan fingerprint density at radius 1 is 1.25 bits per heavy atom. The van der Waals surface area contributed by atoms with Crippen LogP contribution in [0.4, 0.5) is 0 Å². The number of fused-ring (bicyclic) bond motifs is 1. The summed E-state index contributed by atoms with van der Waals surface area (Å²) in [5.74, 6) is 0. The zero-order valence-corrected chi connectivity index (χ0v) is 9.63. The van der Waals surface area contributed by atoms with Gasteiger partial charge in [-0.25, -0.2) is 4.79 Å². The maximum Gasteiger partial charge on any atom is 0.323 e. The second-order valence-corrected chi connectivity index (χ2v) is 4.32. The number of aromatic nitrogens is 2. The predicted molar refractivity (Wildman–Crippen MR) is 65.8 cm³/mol. The van der Waals surface area contributed by atoms with Crippen molar-refractivity contribution in [2.24, 2.45) is 0 Å². The standard InChI is InChI=1S/C12H17N3O/c1-8(2)13-6-5-9-3-4-10-11(7-9)15-12(16)14-10/h3-4,7-8,13H,5-6H2,1-2H3,(H2,14,15,16). The zero-order chi connectivity index (χ0) is 11.5. The van der Waals surface area contributed by atoms with Crippen molar-refractivity contribution in [3.8, 4) is 0 Å². The molecule has 16 heavy (non-hydrogen) atoms. The fraction of sp³-hybridized carbons (Fsp3) is 0.417. The molecule has 86 valence electrons. The smallest absolute Gasteiger partial charge is 0.314 e. The number of benzene rings is 1. The largest absolute Gasteiger partial charge is 0.323 e. The van der Waals surface area contributed by atoms with E-state index in [1.54, 1.807) is 0 Å². The van der Waals surface area contributed by atoms with Crippen molar-refractivity contribution in [1.82, 2.24) is 15.3 Å². The summed E-state index contributed by atoms with van der Waals surface area (Å²) >= 11 is 0. The monoisotopic (exact) mass is 219 g/mol. The van der Waals surface area contributed by atoms with Gasteiger partial charge >= 0.3 is 5.69 Å². The fourth-order valence-electron chi connectivity index (χ4n) is 1.74. The molecule has 1 heterocycles. The normalized spacial score (nSPS) is 11.4. The number of hydrogen-bond acceptors (Lipinski definition) is 2. The van der Waals surface area contributed by atoms with Crippen molar-refractivity contribution < 1.29 is 0 Å². The van der Waals surface area contributed by atoms with Crippen LogP contribution in [0.3, 0.4) is 0 Å². The molecule has 0 bridgehead atoms. The molecule has 0 aliphatic carbocycles. The minimum Gasteiger partial charge on any atom is -0.314 e. The molecule has 4 heteroatoms.